The quantitative estimate of drug-likeness (QED) is 0.213. The number of phenolic OH excluding ortho intramolecular Hbond substituents is 2. The highest BCUT2D eigenvalue weighted by Gasteiger charge is 2.24. The van der Waals surface area contributed by atoms with Gasteiger partial charge in [0.2, 0.25) is 0 Å². The van der Waals surface area contributed by atoms with Crippen molar-refractivity contribution in [2.75, 3.05) is 0 Å². The van der Waals surface area contributed by atoms with E-state index in [1.165, 1.54) is 42.5 Å². The third-order valence-electron chi connectivity index (χ3n) is 4.63. The van der Waals surface area contributed by atoms with Gasteiger partial charge in [-0.2, -0.15) is 0 Å². The fourth-order valence-corrected chi connectivity index (χ4v) is 2.93. The molecule has 164 valence electrons. The van der Waals surface area contributed by atoms with E-state index < -0.39 is 22.8 Å². The fraction of sp³-hybridized carbons (Fsp3) is 0.130. The molecule has 0 aliphatic rings. The molecule has 0 bridgehead atoms. The molecule has 0 aromatic heterocycles. The standard InChI is InChI=1S/C23H20N2O7/c26-20-11-6-16(13-21(20)27)12-19(23(29)32-14-15-4-2-1-3-5-15)24-22(28)17-7-9-18(10-8-17)25(30)31/h1-11,13,19,26-27H,12,14H2,(H,24,28)/t19-/m1/s1. The van der Waals surface area contributed by atoms with E-state index in [1.54, 1.807) is 24.3 Å². The summed E-state index contributed by atoms with van der Waals surface area (Å²) in [5.74, 6) is -1.99. The van der Waals surface area contributed by atoms with Crippen molar-refractivity contribution >= 4 is 17.6 Å². The zero-order chi connectivity index (χ0) is 23.1. The first-order valence-corrected chi connectivity index (χ1v) is 9.60. The Morgan fingerprint density at radius 2 is 1.62 bits per heavy atom. The number of benzene rings is 3. The van der Waals surface area contributed by atoms with Crippen molar-refractivity contribution in [3.63, 3.8) is 0 Å². The Labute approximate surface area is 183 Å². The van der Waals surface area contributed by atoms with E-state index >= 15 is 0 Å². The Morgan fingerprint density at radius 3 is 2.25 bits per heavy atom. The largest absolute Gasteiger partial charge is 0.504 e. The number of carbonyl (C=O) groups excluding carboxylic acids is 2. The van der Waals surface area contributed by atoms with Crippen LogP contribution in [0, 0.1) is 10.1 Å². The Hall–Kier alpha value is -4.40. The number of amides is 1. The van der Waals surface area contributed by atoms with Crippen LogP contribution in [-0.2, 0) is 22.6 Å². The highest BCUT2D eigenvalue weighted by atomic mass is 16.6. The van der Waals surface area contributed by atoms with Crippen LogP contribution in [0.4, 0.5) is 5.69 Å². The number of nitro benzene ring substituents is 1. The maximum atomic E-state index is 12.7. The average Bonchev–Trinajstić information content (AvgIpc) is 2.80. The number of non-ortho nitro benzene ring substituents is 1. The maximum absolute atomic E-state index is 12.7. The van der Waals surface area contributed by atoms with Crippen LogP contribution < -0.4 is 5.32 Å². The molecule has 0 radical (unpaired) electrons. The molecule has 9 nitrogen and oxygen atoms in total. The van der Waals surface area contributed by atoms with Gasteiger partial charge in [-0.15, -0.1) is 0 Å². The molecule has 3 aromatic carbocycles. The van der Waals surface area contributed by atoms with Crippen molar-refractivity contribution in [1.29, 1.82) is 0 Å². The molecule has 0 unspecified atom stereocenters. The predicted molar refractivity (Wildman–Crippen MR) is 114 cm³/mol. The summed E-state index contributed by atoms with van der Waals surface area (Å²) in [7, 11) is 0. The minimum absolute atomic E-state index is 0.00437. The van der Waals surface area contributed by atoms with Gasteiger partial charge >= 0.3 is 5.97 Å². The van der Waals surface area contributed by atoms with Crippen LogP contribution in [0.25, 0.3) is 0 Å². The van der Waals surface area contributed by atoms with Crippen LogP contribution in [0.5, 0.6) is 11.5 Å². The summed E-state index contributed by atoms with van der Waals surface area (Å²) in [6.45, 7) is 0.00437. The van der Waals surface area contributed by atoms with Crippen molar-refractivity contribution in [1.82, 2.24) is 5.32 Å². The van der Waals surface area contributed by atoms with Crippen molar-refractivity contribution in [2.45, 2.75) is 19.1 Å². The third-order valence-corrected chi connectivity index (χ3v) is 4.63. The van der Waals surface area contributed by atoms with Crippen molar-refractivity contribution in [2.24, 2.45) is 0 Å². The summed E-state index contributed by atoms with van der Waals surface area (Å²) < 4.78 is 5.35. The number of esters is 1. The molecule has 0 heterocycles. The molecule has 32 heavy (non-hydrogen) atoms. The van der Waals surface area contributed by atoms with Crippen LogP contribution in [0.3, 0.4) is 0 Å². The monoisotopic (exact) mass is 436 g/mol. The molecular weight excluding hydrogens is 416 g/mol. The minimum Gasteiger partial charge on any atom is -0.504 e. The van der Waals surface area contributed by atoms with Crippen molar-refractivity contribution < 1.29 is 29.5 Å². The average molecular weight is 436 g/mol. The van der Waals surface area contributed by atoms with Crippen molar-refractivity contribution in [3.8, 4) is 11.5 Å². The minimum atomic E-state index is -1.11. The molecule has 1 amide bonds. The number of hydrogen-bond acceptors (Lipinski definition) is 7. The van der Waals surface area contributed by atoms with Gasteiger partial charge in [0.1, 0.15) is 12.6 Å². The van der Waals surface area contributed by atoms with Crippen LogP contribution in [0.2, 0.25) is 0 Å². The summed E-state index contributed by atoms with van der Waals surface area (Å²) in [5.41, 5.74) is 1.21. The summed E-state index contributed by atoms with van der Waals surface area (Å²) in [6, 6.07) is 16.9. The smallest absolute Gasteiger partial charge is 0.329 e. The van der Waals surface area contributed by atoms with E-state index in [1.807, 2.05) is 6.07 Å². The Kier molecular flexibility index (Phi) is 7.02. The first kappa shape index (κ1) is 22.3. The SMILES string of the molecule is O=C(N[C@H](Cc1ccc(O)c(O)c1)C(=O)OCc1ccccc1)c1ccc([N+](=O)[O-])cc1. The summed E-state index contributed by atoms with van der Waals surface area (Å²) >= 11 is 0. The first-order valence-electron chi connectivity index (χ1n) is 9.60. The first-order chi connectivity index (χ1) is 15.3. The maximum Gasteiger partial charge on any atom is 0.329 e. The van der Waals surface area contributed by atoms with Crippen LogP contribution in [0.15, 0.2) is 72.8 Å². The lowest BCUT2D eigenvalue weighted by Crippen LogP contribution is -2.43. The summed E-state index contributed by atoms with van der Waals surface area (Å²) in [4.78, 5) is 35.6. The Balaban J connectivity index is 1.76. The number of rotatable bonds is 8. The molecule has 0 spiro atoms. The van der Waals surface area contributed by atoms with Crippen molar-refractivity contribution in [3.05, 3.63) is 99.6 Å². The highest BCUT2D eigenvalue weighted by molar-refractivity contribution is 5.97. The van der Waals surface area contributed by atoms with Crippen LogP contribution >= 0.6 is 0 Å². The Bertz CT molecular complexity index is 1110. The van der Waals surface area contributed by atoms with E-state index in [9.17, 15) is 29.9 Å². The van der Waals surface area contributed by atoms with Gasteiger partial charge in [-0.25, -0.2) is 4.79 Å². The van der Waals surface area contributed by atoms with Gasteiger partial charge in [0.05, 0.1) is 4.92 Å². The lowest BCUT2D eigenvalue weighted by molar-refractivity contribution is -0.384. The number of nitro groups is 1. The number of aromatic hydroxyl groups is 2. The third kappa shape index (κ3) is 5.82. The summed E-state index contributed by atoms with van der Waals surface area (Å²) in [5, 5.41) is 32.6. The van der Waals surface area contributed by atoms with Crippen LogP contribution in [-0.4, -0.2) is 33.1 Å². The van der Waals surface area contributed by atoms with Gasteiger partial charge in [-0.3, -0.25) is 14.9 Å². The number of nitrogens with one attached hydrogen (secondary N) is 1. The summed E-state index contributed by atoms with van der Waals surface area (Å²) in [6.07, 6.45) is -0.0137. The number of nitrogens with zero attached hydrogens (tertiary/aromatic N) is 1. The molecule has 3 rings (SSSR count). The number of phenols is 2. The molecule has 1 atom stereocenters. The molecule has 0 aliphatic carbocycles. The second kappa shape index (κ2) is 10.1. The lowest BCUT2D eigenvalue weighted by Gasteiger charge is -2.18. The molecular formula is C23H20N2O7. The van der Waals surface area contributed by atoms with Gasteiger partial charge < -0.3 is 20.3 Å². The van der Waals surface area contributed by atoms with Crippen LogP contribution in [0.1, 0.15) is 21.5 Å². The van der Waals surface area contributed by atoms with E-state index in [4.69, 9.17) is 4.74 Å². The normalized spacial score (nSPS) is 11.4. The highest BCUT2D eigenvalue weighted by Crippen LogP contribution is 2.25. The van der Waals surface area contributed by atoms with Gasteiger partial charge in [-0.05, 0) is 35.4 Å². The lowest BCUT2D eigenvalue weighted by atomic mass is 10.0. The predicted octanol–water partition coefficient (Wildman–Crippen LogP) is 3.09. The number of hydrogen-bond donors (Lipinski definition) is 3. The topological polar surface area (TPSA) is 139 Å². The zero-order valence-electron chi connectivity index (χ0n) is 16.8. The molecule has 0 saturated carbocycles. The molecule has 9 heteroatoms. The van der Waals surface area contributed by atoms with E-state index in [2.05, 4.69) is 5.32 Å². The number of carbonyl (C=O) groups is 2. The second-order valence-electron chi connectivity index (χ2n) is 6.95. The second-order valence-corrected chi connectivity index (χ2v) is 6.95. The molecule has 0 fully saturated rings. The Morgan fingerprint density at radius 1 is 0.938 bits per heavy atom. The van der Waals surface area contributed by atoms with Gasteiger partial charge in [0.15, 0.2) is 11.5 Å². The van der Waals surface area contributed by atoms with Gasteiger partial charge in [-0.1, -0.05) is 36.4 Å². The number of ether oxygens (including phenoxy) is 1. The van der Waals surface area contributed by atoms with Gasteiger partial charge in [0, 0.05) is 24.1 Å². The molecule has 3 aromatic rings. The molecule has 0 saturated heterocycles. The fourth-order valence-electron chi connectivity index (χ4n) is 2.93. The van der Waals surface area contributed by atoms with E-state index in [-0.39, 0.29) is 35.8 Å². The van der Waals surface area contributed by atoms with E-state index in [0.717, 1.165) is 5.56 Å². The zero-order valence-corrected chi connectivity index (χ0v) is 16.8. The molecule has 0 aliphatic heterocycles. The van der Waals surface area contributed by atoms with Gasteiger partial charge in [0.25, 0.3) is 11.6 Å². The molecule has 3 N–H and O–H groups in total. The van der Waals surface area contributed by atoms with E-state index in [0.29, 0.717) is 5.56 Å².